The van der Waals surface area contributed by atoms with Crippen molar-refractivity contribution in [3.8, 4) is 23.3 Å². The molecule has 0 aliphatic carbocycles. The van der Waals surface area contributed by atoms with Gasteiger partial charge in [-0.25, -0.2) is 9.97 Å². The molecule has 30 heavy (non-hydrogen) atoms. The summed E-state index contributed by atoms with van der Waals surface area (Å²) in [7, 11) is 1.83. The van der Waals surface area contributed by atoms with Gasteiger partial charge in [0.15, 0.2) is 5.82 Å². The minimum absolute atomic E-state index is 0.328. The second-order valence-corrected chi connectivity index (χ2v) is 6.56. The number of nitrogens with zero attached hydrogens (tertiary/aromatic N) is 6. The van der Waals surface area contributed by atoms with E-state index in [4.69, 9.17) is 15.0 Å². The van der Waals surface area contributed by atoms with Gasteiger partial charge in [0.1, 0.15) is 29.5 Å². The Kier molecular flexibility index (Phi) is 4.22. The van der Waals surface area contributed by atoms with Gasteiger partial charge in [-0.3, -0.25) is 14.4 Å². The molecule has 1 aromatic carbocycles. The number of benzene rings is 1. The average Bonchev–Trinajstić information content (AvgIpc) is 3.38. The molecule has 0 unspecified atom stereocenters. The highest BCUT2D eigenvalue weighted by molar-refractivity contribution is 5.83. The summed E-state index contributed by atoms with van der Waals surface area (Å²) in [4.78, 5) is 20.9. The third kappa shape index (κ3) is 3.06. The fourth-order valence-corrected chi connectivity index (χ4v) is 3.27. The van der Waals surface area contributed by atoms with Crippen LogP contribution in [0.3, 0.4) is 0 Å². The Morgan fingerprint density at radius 3 is 2.93 bits per heavy atom. The van der Waals surface area contributed by atoms with Crippen molar-refractivity contribution in [1.29, 1.82) is 5.26 Å². The standard InChI is InChI=1S/C21H16N8O/c1-23-21-19(28-18-8-13(10-22)4-7-29(18)21)20-26-16-3-2-15(9-17(16)27-20)30-12-14-11-24-5-6-25-14/h2-9,11,23H,12H2,1H3,(H,26,27). The lowest BCUT2D eigenvalue weighted by molar-refractivity contribution is 0.301. The first-order valence-corrected chi connectivity index (χ1v) is 9.23. The summed E-state index contributed by atoms with van der Waals surface area (Å²) in [6, 6.07) is 11.3. The molecule has 146 valence electrons. The monoisotopic (exact) mass is 396 g/mol. The molecule has 0 bridgehead atoms. The number of hydrogen-bond acceptors (Lipinski definition) is 7. The summed E-state index contributed by atoms with van der Waals surface area (Å²) >= 11 is 0. The number of imidazole rings is 2. The van der Waals surface area contributed by atoms with Gasteiger partial charge in [-0.2, -0.15) is 5.26 Å². The largest absolute Gasteiger partial charge is 0.487 e. The van der Waals surface area contributed by atoms with Gasteiger partial charge in [0.25, 0.3) is 0 Å². The third-order valence-corrected chi connectivity index (χ3v) is 4.67. The SMILES string of the molecule is CNc1c(-c2nc3cc(OCc4cnccn4)ccc3[nH]2)nc2cc(C#N)ccn12. The first-order chi connectivity index (χ1) is 14.7. The van der Waals surface area contributed by atoms with Gasteiger partial charge in [-0.1, -0.05) is 0 Å². The van der Waals surface area contributed by atoms with Crippen LogP contribution in [0.25, 0.3) is 28.2 Å². The van der Waals surface area contributed by atoms with Crippen LogP contribution in [-0.2, 0) is 6.61 Å². The minimum Gasteiger partial charge on any atom is -0.487 e. The topological polar surface area (TPSA) is 117 Å². The zero-order chi connectivity index (χ0) is 20.5. The molecule has 0 aliphatic rings. The molecule has 9 heteroatoms. The Morgan fingerprint density at radius 2 is 2.13 bits per heavy atom. The molecule has 9 nitrogen and oxygen atoms in total. The maximum atomic E-state index is 9.14. The number of rotatable bonds is 5. The van der Waals surface area contributed by atoms with Gasteiger partial charge in [-0.05, 0) is 24.3 Å². The molecule has 0 atom stereocenters. The quantitative estimate of drug-likeness (QED) is 0.469. The number of aromatic nitrogens is 6. The van der Waals surface area contributed by atoms with E-state index in [0.29, 0.717) is 35.1 Å². The molecule has 5 rings (SSSR count). The number of aromatic amines is 1. The molecule has 0 aliphatic heterocycles. The average molecular weight is 396 g/mol. The van der Waals surface area contributed by atoms with E-state index in [-0.39, 0.29) is 0 Å². The smallest absolute Gasteiger partial charge is 0.161 e. The van der Waals surface area contributed by atoms with Crippen LogP contribution in [0.15, 0.2) is 55.1 Å². The lowest BCUT2D eigenvalue weighted by Crippen LogP contribution is -1.98. The molecule has 5 aromatic rings. The summed E-state index contributed by atoms with van der Waals surface area (Å²) in [6.45, 7) is 0.328. The first-order valence-electron chi connectivity index (χ1n) is 9.23. The van der Waals surface area contributed by atoms with E-state index in [1.807, 2.05) is 35.8 Å². The van der Waals surface area contributed by atoms with Crippen molar-refractivity contribution in [2.45, 2.75) is 6.61 Å². The number of nitrogens with one attached hydrogen (secondary N) is 2. The minimum atomic E-state index is 0.328. The lowest BCUT2D eigenvalue weighted by Gasteiger charge is -2.04. The van der Waals surface area contributed by atoms with Crippen molar-refractivity contribution >= 4 is 22.5 Å². The fraction of sp³-hybridized carbons (Fsp3) is 0.0952. The summed E-state index contributed by atoms with van der Waals surface area (Å²) in [5.41, 5.74) is 4.27. The third-order valence-electron chi connectivity index (χ3n) is 4.67. The van der Waals surface area contributed by atoms with Crippen molar-refractivity contribution in [2.75, 3.05) is 12.4 Å². The van der Waals surface area contributed by atoms with E-state index in [2.05, 4.69) is 31.3 Å². The maximum Gasteiger partial charge on any atom is 0.161 e. The molecule has 2 N–H and O–H groups in total. The number of ether oxygens (including phenoxy) is 1. The predicted octanol–water partition coefficient (Wildman–Crippen LogP) is 3.16. The van der Waals surface area contributed by atoms with Gasteiger partial charge in [0.05, 0.1) is 34.6 Å². The van der Waals surface area contributed by atoms with Gasteiger partial charge in [-0.15, -0.1) is 0 Å². The normalized spacial score (nSPS) is 10.9. The number of nitriles is 1. The van der Waals surface area contributed by atoms with Crippen LogP contribution in [0.2, 0.25) is 0 Å². The number of pyridine rings is 1. The zero-order valence-electron chi connectivity index (χ0n) is 16.0. The molecular formula is C21H16N8O. The van der Waals surface area contributed by atoms with Gasteiger partial charge >= 0.3 is 0 Å². The zero-order valence-corrected chi connectivity index (χ0v) is 16.0. The van der Waals surface area contributed by atoms with E-state index >= 15 is 0 Å². The molecule has 0 spiro atoms. The highest BCUT2D eigenvalue weighted by Gasteiger charge is 2.17. The summed E-state index contributed by atoms with van der Waals surface area (Å²) in [5.74, 6) is 2.10. The molecule has 4 heterocycles. The van der Waals surface area contributed by atoms with Gasteiger partial charge in [0, 0.05) is 31.7 Å². The molecule has 0 amide bonds. The maximum absolute atomic E-state index is 9.14. The Bertz CT molecular complexity index is 1400. The van der Waals surface area contributed by atoms with E-state index in [0.717, 1.165) is 22.5 Å². The number of hydrogen-bond donors (Lipinski definition) is 2. The number of H-pyrrole nitrogens is 1. The summed E-state index contributed by atoms with van der Waals surface area (Å²) in [6.07, 6.45) is 6.75. The molecule has 0 radical (unpaired) electrons. The molecule has 0 saturated heterocycles. The first kappa shape index (κ1) is 17.6. The second-order valence-electron chi connectivity index (χ2n) is 6.56. The Labute approximate surface area is 171 Å². The molecular weight excluding hydrogens is 380 g/mol. The van der Waals surface area contributed by atoms with Crippen molar-refractivity contribution in [3.05, 3.63) is 66.4 Å². The van der Waals surface area contributed by atoms with E-state index in [1.165, 1.54) is 0 Å². The van der Waals surface area contributed by atoms with Crippen LogP contribution < -0.4 is 10.1 Å². The molecule has 0 saturated carbocycles. The van der Waals surface area contributed by atoms with Crippen LogP contribution >= 0.6 is 0 Å². The number of fused-ring (bicyclic) bond motifs is 2. The Morgan fingerprint density at radius 1 is 1.20 bits per heavy atom. The van der Waals surface area contributed by atoms with Crippen LogP contribution in [0.4, 0.5) is 5.82 Å². The van der Waals surface area contributed by atoms with Crippen LogP contribution in [0.1, 0.15) is 11.3 Å². The lowest BCUT2D eigenvalue weighted by atomic mass is 10.3. The van der Waals surface area contributed by atoms with Crippen molar-refractivity contribution < 1.29 is 4.74 Å². The van der Waals surface area contributed by atoms with Gasteiger partial charge < -0.3 is 15.0 Å². The van der Waals surface area contributed by atoms with Crippen LogP contribution in [0, 0.1) is 11.3 Å². The summed E-state index contributed by atoms with van der Waals surface area (Å²) < 4.78 is 7.70. The highest BCUT2D eigenvalue weighted by atomic mass is 16.5. The predicted molar refractivity (Wildman–Crippen MR) is 111 cm³/mol. The highest BCUT2D eigenvalue weighted by Crippen LogP contribution is 2.29. The van der Waals surface area contributed by atoms with Crippen molar-refractivity contribution in [3.63, 3.8) is 0 Å². The second kappa shape index (κ2) is 7.18. The fourth-order valence-electron chi connectivity index (χ4n) is 3.27. The van der Waals surface area contributed by atoms with Crippen LogP contribution in [-0.4, -0.2) is 36.4 Å². The van der Waals surface area contributed by atoms with E-state index in [9.17, 15) is 0 Å². The number of anilines is 1. The van der Waals surface area contributed by atoms with Gasteiger partial charge in [0.2, 0.25) is 0 Å². The van der Waals surface area contributed by atoms with E-state index < -0.39 is 0 Å². The Hall–Kier alpha value is -4.45. The van der Waals surface area contributed by atoms with Crippen molar-refractivity contribution in [1.82, 2.24) is 29.3 Å². The molecule has 0 fully saturated rings. The van der Waals surface area contributed by atoms with Crippen molar-refractivity contribution in [2.24, 2.45) is 0 Å². The summed E-state index contributed by atoms with van der Waals surface area (Å²) in [5, 5.41) is 12.3. The van der Waals surface area contributed by atoms with E-state index in [1.54, 1.807) is 30.7 Å². The van der Waals surface area contributed by atoms with Crippen LogP contribution in [0.5, 0.6) is 5.75 Å². The Balaban J connectivity index is 1.50. The molecule has 4 aromatic heterocycles.